The average molecular weight is 713 g/mol. The Morgan fingerprint density at radius 1 is 0.628 bits per heavy atom. The molecule has 0 radical (unpaired) electrons. The summed E-state index contributed by atoms with van der Waals surface area (Å²) in [5, 5.41) is 0. The first kappa shape index (κ1) is 30.9. The van der Waals surface area contributed by atoms with Crippen molar-refractivity contribution in [3.05, 3.63) is 119 Å². The average Bonchev–Trinajstić information content (AvgIpc) is 3.66. The molecule has 0 aromatic heterocycles. The predicted molar refractivity (Wildman–Crippen MR) is 200 cm³/mol. The lowest BCUT2D eigenvalue weighted by Gasteiger charge is -2.43. The first-order chi connectivity index (χ1) is 21.0. The van der Waals surface area contributed by atoms with E-state index in [1.54, 1.807) is 6.08 Å². The number of carbonyl (C=O) groups is 2. The van der Waals surface area contributed by atoms with Gasteiger partial charge in [0, 0.05) is 28.6 Å². The van der Waals surface area contributed by atoms with Crippen molar-refractivity contribution < 1.29 is 9.59 Å². The fourth-order valence-electron chi connectivity index (χ4n) is 6.29. The van der Waals surface area contributed by atoms with E-state index in [0.717, 1.165) is 24.2 Å². The van der Waals surface area contributed by atoms with E-state index in [9.17, 15) is 9.59 Å². The summed E-state index contributed by atoms with van der Waals surface area (Å²) >= 11 is 15.1. The Kier molecular flexibility index (Phi) is 9.48. The van der Waals surface area contributed by atoms with Gasteiger partial charge in [0.2, 0.25) is 0 Å². The minimum Gasteiger partial charge on any atom is -0.290 e. The minimum atomic E-state index is -0.148. The summed E-state index contributed by atoms with van der Waals surface area (Å²) in [6.07, 6.45) is 10.7. The summed E-state index contributed by atoms with van der Waals surface area (Å²) in [5.74, 6) is 0.830. The van der Waals surface area contributed by atoms with Crippen molar-refractivity contribution in [2.24, 2.45) is 0 Å². The Balaban J connectivity index is 0.996. The molecule has 2 heterocycles. The molecule has 10 heteroatoms. The molecule has 0 saturated heterocycles. The zero-order valence-electron chi connectivity index (χ0n) is 23.8. The van der Waals surface area contributed by atoms with Crippen molar-refractivity contribution in [2.45, 2.75) is 31.1 Å². The molecule has 8 rings (SSSR count). The summed E-state index contributed by atoms with van der Waals surface area (Å²) in [5.41, 5.74) is 6.86. The lowest BCUT2D eigenvalue weighted by atomic mass is 9.58. The molecule has 0 unspecified atom stereocenters. The number of unbranched alkanes of at least 4 members (excludes halogenated alkanes) is 1. The van der Waals surface area contributed by atoms with Gasteiger partial charge in [-0.1, -0.05) is 95.6 Å². The van der Waals surface area contributed by atoms with Crippen LogP contribution in [0.15, 0.2) is 96.7 Å². The maximum atomic E-state index is 14.0. The number of hydrogen-bond acceptors (Lipinski definition) is 10. The third-order valence-corrected chi connectivity index (χ3v) is 19.3. The van der Waals surface area contributed by atoms with Crippen LogP contribution in [0.4, 0.5) is 0 Å². The third-order valence-electron chi connectivity index (χ3n) is 8.08. The summed E-state index contributed by atoms with van der Waals surface area (Å²) < 4.78 is 8.44. The van der Waals surface area contributed by atoms with Crippen molar-refractivity contribution in [1.29, 1.82) is 0 Å². The van der Waals surface area contributed by atoms with Crippen LogP contribution in [0, 0.1) is 0 Å². The van der Waals surface area contributed by atoms with E-state index >= 15 is 0 Å². The second-order valence-corrected chi connectivity index (χ2v) is 19.6. The Morgan fingerprint density at radius 2 is 1.09 bits per heavy atom. The number of Topliss-reactive ketones (excluding diaryl/α,β-unsaturated/α-hetero) is 1. The Labute approximate surface area is 287 Å². The van der Waals surface area contributed by atoms with E-state index in [4.69, 9.17) is 0 Å². The van der Waals surface area contributed by atoms with Crippen LogP contribution < -0.4 is 0 Å². The van der Waals surface area contributed by atoms with Gasteiger partial charge in [-0.3, -0.25) is 9.59 Å². The van der Waals surface area contributed by atoms with Gasteiger partial charge >= 0.3 is 0 Å². The molecule has 2 aliphatic heterocycles. The highest BCUT2D eigenvalue weighted by atomic mass is 32.3. The number of benzene rings is 2. The van der Waals surface area contributed by atoms with Crippen LogP contribution >= 0.6 is 94.1 Å². The van der Waals surface area contributed by atoms with Crippen molar-refractivity contribution in [2.75, 3.05) is 24.5 Å². The molecule has 2 aromatic rings. The SMILES string of the molecule is CSC1=C(SC)SC(=C2SC(SC)=C(SCCCCC3=CC(=O)C4=C(C3=O)C3c5ccccc5C4c4ccccc43)S2)S1. The molecular weight excluding hydrogens is 685 g/mol. The number of rotatable bonds is 9. The normalized spacial score (nSPS) is 22.5. The van der Waals surface area contributed by atoms with Crippen LogP contribution in [0.3, 0.4) is 0 Å². The maximum Gasteiger partial charge on any atom is 0.186 e. The number of thioether (sulfide) groups is 8. The zero-order chi connectivity index (χ0) is 29.7. The molecule has 2 nitrogen and oxygen atoms in total. The Hall–Kier alpha value is -0.720. The third kappa shape index (κ3) is 5.53. The summed E-state index contributed by atoms with van der Waals surface area (Å²) in [6.45, 7) is 0. The minimum absolute atomic E-state index is 0.0269. The van der Waals surface area contributed by atoms with Crippen LogP contribution in [-0.4, -0.2) is 36.1 Å². The molecular formula is C33H28O2S8. The largest absolute Gasteiger partial charge is 0.290 e. The van der Waals surface area contributed by atoms with Crippen LogP contribution in [0.2, 0.25) is 0 Å². The van der Waals surface area contributed by atoms with Gasteiger partial charge in [0.05, 0.1) is 25.4 Å². The van der Waals surface area contributed by atoms with Crippen molar-refractivity contribution in [1.82, 2.24) is 0 Å². The lowest BCUT2D eigenvalue weighted by molar-refractivity contribution is -0.116. The molecule has 0 spiro atoms. The van der Waals surface area contributed by atoms with Gasteiger partial charge in [-0.05, 0) is 72.1 Å². The molecule has 0 amide bonds. The molecule has 0 fully saturated rings. The second kappa shape index (κ2) is 13.2. The number of carbonyl (C=O) groups excluding carboxylic acids is 2. The highest BCUT2D eigenvalue weighted by Gasteiger charge is 2.48. The molecule has 6 aliphatic rings. The quantitative estimate of drug-likeness (QED) is 0.185. The van der Waals surface area contributed by atoms with Crippen molar-refractivity contribution >= 4 is 106 Å². The van der Waals surface area contributed by atoms with Crippen LogP contribution in [0.25, 0.3) is 0 Å². The first-order valence-corrected chi connectivity index (χ1v) is 21.9. The van der Waals surface area contributed by atoms with Gasteiger partial charge in [-0.25, -0.2) is 0 Å². The number of allylic oxidation sites excluding steroid dienone is 4. The van der Waals surface area contributed by atoms with Crippen molar-refractivity contribution in [3.63, 3.8) is 0 Å². The smallest absolute Gasteiger partial charge is 0.186 e. The van der Waals surface area contributed by atoms with Crippen LogP contribution in [0.5, 0.6) is 0 Å². The zero-order valence-corrected chi connectivity index (χ0v) is 30.3. The van der Waals surface area contributed by atoms with E-state index in [-0.39, 0.29) is 23.4 Å². The topological polar surface area (TPSA) is 34.1 Å². The van der Waals surface area contributed by atoms with Gasteiger partial charge in [-0.15, -0.1) is 47.0 Å². The van der Waals surface area contributed by atoms with Crippen LogP contribution in [-0.2, 0) is 9.59 Å². The monoisotopic (exact) mass is 712 g/mol. The molecule has 0 N–H and O–H groups in total. The van der Waals surface area contributed by atoms with E-state index < -0.39 is 0 Å². The Bertz CT molecular complexity index is 1650. The van der Waals surface area contributed by atoms with Gasteiger partial charge in [0.25, 0.3) is 0 Å². The van der Waals surface area contributed by atoms with E-state index in [0.29, 0.717) is 17.6 Å². The number of ketones is 2. The summed E-state index contributed by atoms with van der Waals surface area (Å²) in [6, 6.07) is 16.7. The molecule has 2 aromatic carbocycles. The van der Waals surface area contributed by atoms with Gasteiger partial charge < -0.3 is 0 Å². The second-order valence-electron chi connectivity index (χ2n) is 10.4. The number of hydrogen-bond donors (Lipinski definition) is 0. The highest BCUT2D eigenvalue weighted by Crippen LogP contribution is 2.65. The summed E-state index contributed by atoms with van der Waals surface area (Å²) in [7, 11) is 0. The molecule has 4 aliphatic carbocycles. The molecule has 0 atom stereocenters. The van der Waals surface area contributed by atoms with Gasteiger partial charge in [-0.2, -0.15) is 0 Å². The predicted octanol–water partition coefficient (Wildman–Crippen LogP) is 11.0. The van der Waals surface area contributed by atoms with Crippen molar-refractivity contribution in [3.8, 4) is 0 Å². The highest BCUT2D eigenvalue weighted by molar-refractivity contribution is 8.44. The van der Waals surface area contributed by atoms with Gasteiger partial charge in [0.15, 0.2) is 11.6 Å². The Morgan fingerprint density at radius 3 is 1.60 bits per heavy atom. The fourth-order valence-corrected chi connectivity index (χ4v) is 17.1. The molecule has 0 saturated carbocycles. The van der Waals surface area contributed by atoms with Gasteiger partial charge in [0.1, 0.15) is 0 Å². The van der Waals surface area contributed by atoms with E-state index in [2.05, 4.69) is 55.2 Å². The standard InChI is InChI=1S/C33H28O2S8/c1-36-28-29(37-2)41-32(40-28)33-42-30(38-3)31(43-33)39-15-9-8-10-17-16-22(34)25-23-18-11-4-6-13-20(18)24(26(25)27(17)35)21-14-7-5-12-19(21)23/h4-7,11-14,16,23-24H,8-10,15H2,1-3H3. The molecule has 2 bridgehead atoms. The maximum absolute atomic E-state index is 14.0. The van der Waals surface area contributed by atoms with E-state index in [1.165, 1.54) is 47.7 Å². The van der Waals surface area contributed by atoms with E-state index in [1.807, 2.05) is 106 Å². The fraction of sp³-hybridized carbons (Fsp3) is 0.273. The molecule has 220 valence electrons. The summed E-state index contributed by atoms with van der Waals surface area (Å²) in [4.78, 5) is 27.6. The molecule has 43 heavy (non-hydrogen) atoms. The van der Waals surface area contributed by atoms with Crippen LogP contribution in [0.1, 0.15) is 53.4 Å². The first-order valence-electron chi connectivity index (χ1n) is 13.9. The lowest BCUT2D eigenvalue weighted by Crippen LogP contribution is -2.36.